The molecule has 220 valence electrons. The van der Waals surface area contributed by atoms with Crippen molar-refractivity contribution in [3.05, 3.63) is 70.8 Å². The van der Waals surface area contributed by atoms with E-state index in [1.54, 1.807) is 0 Å². The summed E-state index contributed by atoms with van der Waals surface area (Å²) >= 11 is 0. The fourth-order valence-corrected chi connectivity index (χ4v) is 5.30. The highest BCUT2D eigenvalue weighted by Gasteiger charge is 2.45. The molecule has 0 spiro atoms. The van der Waals surface area contributed by atoms with Crippen LogP contribution in [0.4, 0.5) is 26.3 Å². The lowest BCUT2D eigenvalue weighted by molar-refractivity contribution is -0.143. The second-order valence-electron chi connectivity index (χ2n) is 10.9. The lowest BCUT2D eigenvalue weighted by Gasteiger charge is -2.49. The normalized spacial score (nSPS) is 23.2. The molecule has 5 nitrogen and oxygen atoms in total. The zero-order valence-corrected chi connectivity index (χ0v) is 22.2. The van der Waals surface area contributed by atoms with Gasteiger partial charge in [0.2, 0.25) is 5.91 Å². The van der Waals surface area contributed by atoms with Gasteiger partial charge in [-0.2, -0.15) is 26.3 Å². The van der Waals surface area contributed by atoms with Crippen molar-refractivity contribution in [3.8, 4) is 0 Å². The Kier molecular flexibility index (Phi) is 9.16. The molecule has 1 heterocycles. The van der Waals surface area contributed by atoms with E-state index in [4.69, 9.17) is 15.2 Å². The van der Waals surface area contributed by atoms with Gasteiger partial charge >= 0.3 is 12.4 Å². The molecule has 2 aromatic carbocycles. The van der Waals surface area contributed by atoms with Gasteiger partial charge in [0.15, 0.2) is 0 Å². The minimum absolute atomic E-state index is 0.0707. The maximum Gasteiger partial charge on any atom is 0.416 e. The summed E-state index contributed by atoms with van der Waals surface area (Å²) in [7, 11) is 0. The van der Waals surface area contributed by atoms with Crippen LogP contribution >= 0.6 is 0 Å². The molecule has 0 unspecified atom stereocenters. The van der Waals surface area contributed by atoms with Crippen LogP contribution < -0.4 is 5.73 Å². The molecule has 0 bridgehead atoms. The lowest BCUT2D eigenvalue weighted by atomic mass is 9.77. The summed E-state index contributed by atoms with van der Waals surface area (Å²) in [4.78, 5) is 14.0. The van der Waals surface area contributed by atoms with Crippen molar-refractivity contribution in [1.29, 1.82) is 0 Å². The molecule has 1 amide bonds. The van der Waals surface area contributed by atoms with Gasteiger partial charge in [-0.15, -0.1) is 0 Å². The Labute approximate surface area is 229 Å². The maximum atomic E-state index is 13.4. The van der Waals surface area contributed by atoms with Crippen molar-refractivity contribution >= 4 is 5.91 Å². The van der Waals surface area contributed by atoms with Crippen LogP contribution in [0.3, 0.4) is 0 Å². The second-order valence-corrected chi connectivity index (χ2v) is 10.9. The van der Waals surface area contributed by atoms with Gasteiger partial charge in [0.1, 0.15) is 0 Å². The van der Waals surface area contributed by atoms with E-state index in [-0.39, 0.29) is 30.7 Å². The fraction of sp³-hybridized carbons (Fsp3) is 0.552. The van der Waals surface area contributed by atoms with Crippen LogP contribution in [0.2, 0.25) is 0 Å². The Hall–Kier alpha value is -2.63. The van der Waals surface area contributed by atoms with Crippen molar-refractivity contribution in [2.75, 3.05) is 32.9 Å². The number of nitrogens with zero attached hydrogens (tertiary/aromatic N) is 1. The van der Waals surface area contributed by atoms with E-state index in [0.29, 0.717) is 44.2 Å². The number of hydrogen-bond donors (Lipinski definition) is 1. The number of nitrogens with two attached hydrogens (primary N) is 1. The summed E-state index contributed by atoms with van der Waals surface area (Å²) < 4.78 is 92.6. The SMILES string of the molecule is C[C@@H](OC[C@@]1(c2ccccc2)CC[C@H](COCC2CC2)CN1CC(N)=O)c1cc(C(F)(F)F)cc(C(F)(F)F)c1. The number of ether oxygens (including phenoxy) is 2. The minimum atomic E-state index is -4.96. The molecule has 40 heavy (non-hydrogen) atoms. The van der Waals surface area contributed by atoms with Gasteiger partial charge in [-0.3, -0.25) is 9.69 Å². The first-order valence-electron chi connectivity index (χ1n) is 13.4. The van der Waals surface area contributed by atoms with Crippen molar-refractivity contribution in [3.63, 3.8) is 0 Å². The molecular weight excluding hydrogens is 538 g/mol. The monoisotopic (exact) mass is 572 g/mol. The average Bonchev–Trinajstić information content (AvgIpc) is 3.71. The van der Waals surface area contributed by atoms with E-state index in [9.17, 15) is 31.1 Å². The standard InChI is InChI=1S/C29H34F6N2O3/c1-19(22-11-24(28(30,31)32)13-25(12-22)29(33,34)35)40-18-27(23-5-3-2-4-6-23)10-9-21(14-37(27)15-26(36)38)17-39-16-20-7-8-20/h2-6,11-13,19-21H,7-10,14-18H2,1H3,(H2,36,38)/t19-,21+,27-/m1/s1. The molecule has 0 aromatic heterocycles. The molecule has 3 atom stereocenters. The van der Waals surface area contributed by atoms with E-state index >= 15 is 0 Å². The highest BCUT2D eigenvalue weighted by molar-refractivity contribution is 5.76. The quantitative estimate of drug-likeness (QED) is 0.320. The average molecular weight is 573 g/mol. The molecule has 1 aliphatic carbocycles. The van der Waals surface area contributed by atoms with E-state index in [0.717, 1.165) is 12.0 Å². The summed E-state index contributed by atoms with van der Waals surface area (Å²) in [5.74, 6) is 0.183. The predicted octanol–water partition coefficient (Wildman–Crippen LogP) is 6.32. The topological polar surface area (TPSA) is 64.8 Å². The first-order chi connectivity index (χ1) is 18.8. The van der Waals surface area contributed by atoms with Crippen molar-refractivity contribution in [2.24, 2.45) is 17.6 Å². The van der Waals surface area contributed by atoms with Crippen molar-refractivity contribution < 1.29 is 40.6 Å². The maximum absolute atomic E-state index is 13.4. The third-order valence-corrected chi connectivity index (χ3v) is 7.76. The second kappa shape index (κ2) is 12.1. The van der Waals surface area contributed by atoms with Gasteiger partial charge in [0.25, 0.3) is 0 Å². The van der Waals surface area contributed by atoms with Crippen LogP contribution in [0.1, 0.15) is 61.0 Å². The van der Waals surface area contributed by atoms with Crippen molar-refractivity contribution in [1.82, 2.24) is 4.90 Å². The Morgan fingerprint density at radius 3 is 2.12 bits per heavy atom. The molecule has 2 aromatic rings. The van der Waals surface area contributed by atoms with Gasteiger partial charge in [-0.05, 0) is 73.8 Å². The van der Waals surface area contributed by atoms with Crippen LogP contribution in [-0.2, 0) is 32.2 Å². The zero-order valence-electron chi connectivity index (χ0n) is 22.2. The number of amides is 1. The van der Waals surface area contributed by atoms with Crippen LogP contribution in [0, 0.1) is 11.8 Å². The number of alkyl halides is 6. The van der Waals surface area contributed by atoms with Crippen LogP contribution in [0.5, 0.6) is 0 Å². The first kappa shape index (κ1) is 30.3. The highest BCUT2D eigenvalue weighted by Crippen LogP contribution is 2.42. The molecule has 0 radical (unpaired) electrons. The number of carbonyl (C=O) groups excluding carboxylic acids is 1. The number of primary amides is 1. The predicted molar refractivity (Wildman–Crippen MR) is 136 cm³/mol. The number of likely N-dealkylation sites (tertiary alicyclic amines) is 1. The van der Waals surface area contributed by atoms with E-state index < -0.39 is 41.0 Å². The van der Waals surface area contributed by atoms with Gasteiger partial charge in [-0.1, -0.05) is 30.3 Å². The van der Waals surface area contributed by atoms with Gasteiger partial charge in [-0.25, -0.2) is 0 Å². The summed E-state index contributed by atoms with van der Waals surface area (Å²) in [6, 6.07) is 10.7. The Balaban J connectivity index is 1.60. The number of hydrogen-bond acceptors (Lipinski definition) is 4. The molecule has 2 aliphatic rings. The number of benzene rings is 2. The smallest absolute Gasteiger partial charge is 0.381 e. The summed E-state index contributed by atoms with van der Waals surface area (Å²) in [6.45, 7) is 2.96. The highest BCUT2D eigenvalue weighted by atomic mass is 19.4. The Bertz CT molecular complexity index is 1120. The first-order valence-corrected chi connectivity index (χ1v) is 13.4. The lowest BCUT2D eigenvalue weighted by Crippen LogP contribution is -2.57. The van der Waals surface area contributed by atoms with Crippen LogP contribution in [-0.4, -0.2) is 43.7 Å². The summed E-state index contributed by atoms with van der Waals surface area (Å²) in [5.41, 5.74) is 2.53. The van der Waals surface area contributed by atoms with E-state index in [2.05, 4.69) is 0 Å². The third-order valence-electron chi connectivity index (χ3n) is 7.76. The molecule has 2 fully saturated rings. The van der Waals surface area contributed by atoms with Crippen LogP contribution in [0.25, 0.3) is 0 Å². The minimum Gasteiger partial charge on any atom is -0.381 e. The van der Waals surface area contributed by atoms with Crippen molar-refractivity contribution in [2.45, 2.75) is 56.6 Å². The van der Waals surface area contributed by atoms with E-state index in [1.165, 1.54) is 19.8 Å². The van der Waals surface area contributed by atoms with Crippen LogP contribution in [0.15, 0.2) is 48.5 Å². The van der Waals surface area contributed by atoms with Gasteiger partial charge < -0.3 is 15.2 Å². The summed E-state index contributed by atoms with van der Waals surface area (Å²) in [5, 5.41) is 0. The third kappa shape index (κ3) is 7.55. The number of rotatable bonds is 11. The number of carbonyl (C=O) groups is 1. The number of piperidine rings is 1. The molecule has 1 saturated carbocycles. The molecule has 1 saturated heterocycles. The fourth-order valence-electron chi connectivity index (χ4n) is 5.30. The zero-order chi connectivity index (χ0) is 29.1. The molecule has 4 rings (SSSR count). The van der Waals surface area contributed by atoms with Gasteiger partial charge in [0, 0.05) is 13.2 Å². The molecular formula is C29H34F6N2O3. The molecule has 11 heteroatoms. The van der Waals surface area contributed by atoms with Gasteiger partial charge in [0.05, 0.1) is 42.5 Å². The molecule has 1 aliphatic heterocycles. The Morgan fingerprint density at radius 2 is 1.57 bits per heavy atom. The molecule has 2 N–H and O–H groups in total. The number of halogens is 6. The Morgan fingerprint density at radius 1 is 0.975 bits per heavy atom. The summed E-state index contributed by atoms with van der Waals surface area (Å²) in [6.07, 6.45) is -7.42. The largest absolute Gasteiger partial charge is 0.416 e. The van der Waals surface area contributed by atoms with E-state index in [1.807, 2.05) is 35.2 Å².